The van der Waals surface area contributed by atoms with Gasteiger partial charge in [0.15, 0.2) is 0 Å². The molecular formula is C30H58BeO4. The molecule has 0 saturated heterocycles. The maximum atomic E-state index is 10.2. The van der Waals surface area contributed by atoms with E-state index in [1.165, 1.54) is 128 Å². The second-order valence-corrected chi connectivity index (χ2v) is 10.0. The third-order valence-corrected chi connectivity index (χ3v) is 6.47. The van der Waals surface area contributed by atoms with Gasteiger partial charge in [-0.05, 0) is 25.7 Å². The van der Waals surface area contributed by atoms with Crippen molar-refractivity contribution in [2.24, 2.45) is 0 Å². The van der Waals surface area contributed by atoms with E-state index in [0.29, 0.717) is 0 Å². The molecule has 0 rings (SSSR count). The molecular weight excluding hydrogens is 433 g/mol. The molecule has 0 heterocycles. The summed E-state index contributed by atoms with van der Waals surface area (Å²) in [7, 11) is 0. The van der Waals surface area contributed by atoms with Crippen molar-refractivity contribution < 1.29 is 19.8 Å². The molecule has 0 N–H and O–H groups in total. The largest absolute Gasteiger partial charge is 2.00 e. The Morgan fingerprint density at radius 2 is 0.543 bits per heavy atom. The number of unbranched alkanes of at least 4 members (excludes halogenated alkanes) is 22. The number of carbonyl (C=O) groups is 2. The summed E-state index contributed by atoms with van der Waals surface area (Å²) in [4.78, 5) is 20.3. The molecule has 0 aromatic rings. The fourth-order valence-corrected chi connectivity index (χ4v) is 4.22. The van der Waals surface area contributed by atoms with Crippen LogP contribution in [0.15, 0.2) is 0 Å². The van der Waals surface area contributed by atoms with Crippen molar-refractivity contribution in [1.29, 1.82) is 0 Å². The number of hydrogen-bond acceptors (Lipinski definition) is 4. The summed E-state index contributed by atoms with van der Waals surface area (Å²) in [6.07, 6.45) is 31.0. The van der Waals surface area contributed by atoms with E-state index in [2.05, 4.69) is 13.8 Å². The van der Waals surface area contributed by atoms with Gasteiger partial charge in [-0.25, -0.2) is 0 Å². The van der Waals surface area contributed by atoms with Gasteiger partial charge in [0.1, 0.15) is 0 Å². The van der Waals surface area contributed by atoms with Gasteiger partial charge in [0.2, 0.25) is 0 Å². The number of carboxylic acids is 2. The molecule has 0 aliphatic heterocycles. The molecule has 0 aromatic carbocycles. The van der Waals surface area contributed by atoms with Crippen LogP contribution in [0.3, 0.4) is 0 Å². The molecule has 0 aliphatic rings. The van der Waals surface area contributed by atoms with Gasteiger partial charge < -0.3 is 19.8 Å². The molecule has 0 spiro atoms. The first-order valence-corrected chi connectivity index (χ1v) is 14.9. The normalized spacial score (nSPS) is 10.3. The molecule has 0 amide bonds. The van der Waals surface area contributed by atoms with Crippen LogP contribution in [0.4, 0.5) is 0 Å². The van der Waals surface area contributed by atoms with E-state index in [1.807, 2.05) is 0 Å². The van der Waals surface area contributed by atoms with Crippen LogP contribution in [0.1, 0.15) is 181 Å². The summed E-state index contributed by atoms with van der Waals surface area (Å²) in [6.45, 7) is 4.50. The van der Waals surface area contributed by atoms with E-state index >= 15 is 0 Å². The Kier molecular flexibility index (Phi) is 38.9. The molecule has 204 valence electrons. The molecule has 4 nitrogen and oxygen atoms in total. The standard InChI is InChI=1S/2C15H30O2.Be/c2*1-2-3-4-5-6-7-8-9-10-11-12-13-14-15(16)17;/h2*2-14H2,1H3,(H,16,17);/q;;+2/p-2. The van der Waals surface area contributed by atoms with Crippen LogP contribution in [0.2, 0.25) is 0 Å². The minimum Gasteiger partial charge on any atom is -0.550 e. The van der Waals surface area contributed by atoms with Crippen LogP contribution in [0, 0.1) is 0 Å². The Morgan fingerprint density at radius 3 is 0.714 bits per heavy atom. The maximum Gasteiger partial charge on any atom is 2.00 e. The Balaban J connectivity index is -0.000000569. The van der Waals surface area contributed by atoms with Crippen molar-refractivity contribution >= 4 is 22.1 Å². The summed E-state index contributed by atoms with van der Waals surface area (Å²) in [5.74, 6) is -1.81. The predicted octanol–water partition coefficient (Wildman–Crippen LogP) is 7.27. The van der Waals surface area contributed by atoms with Crippen molar-refractivity contribution in [2.75, 3.05) is 0 Å². The number of carboxylic acid groups (broad SMARTS) is 2. The molecule has 0 atom stereocenters. The summed E-state index contributed by atoms with van der Waals surface area (Å²) in [6, 6.07) is 0. The summed E-state index contributed by atoms with van der Waals surface area (Å²) < 4.78 is 0. The van der Waals surface area contributed by atoms with Gasteiger partial charge in [-0.15, -0.1) is 0 Å². The molecule has 5 heteroatoms. The van der Waals surface area contributed by atoms with E-state index in [0.717, 1.165) is 25.7 Å². The van der Waals surface area contributed by atoms with Crippen molar-refractivity contribution in [3.8, 4) is 0 Å². The van der Waals surface area contributed by atoms with Crippen LogP contribution in [0.25, 0.3) is 0 Å². The zero-order valence-electron chi connectivity index (χ0n) is 23.7. The van der Waals surface area contributed by atoms with Crippen LogP contribution in [-0.2, 0) is 9.59 Å². The molecule has 0 bridgehead atoms. The maximum absolute atomic E-state index is 10.2. The van der Waals surface area contributed by atoms with Gasteiger partial charge >= 0.3 is 10.1 Å². The number of hydrogen-bond donors (Lipinski definition) is 0. The average molecular weight is 492 g/mol. The molecule has 0 radical (unpaired) electrons. The van der Waals surface area contributed by atoms with Gasteiger partial charge in [-0.3, -0.25) is 0 Å². The van der Waals surface area contributed by atoms with E-state index in [-0.39, 0.29) is 23.0 Å². The molecule has 35 heavy (non-hydrogen) atoms. The van der Waals surface area contributed by atoms with Gasteiger partial charge in [-0.1, -0.05) is 155 Å². The Morgan fingerprint density at radius 1 is 0.371 bits per heavy atom. The zero-order valence-corrected chi connectivity index (χ0v) is 23.7. The van der Waals surface area contributed by atoms with Crippen molar-refractivity contribution in [2.45, 2.75) is 181 Å². The average Bonchev–Trinajstić information content (AvgIpc) is 2.80. The molecule has 0 saturated carbocycles. The predicted molar refractivity (Wildman–Crippen MR) is 147 cm³/mol. The fraction of sp³-hybridized carbons (Fsp3) is 0.933. The third-order valence-electron chi connectivity index (χ3n) is 6.47. The number of rotatable bonds is 26. The minimum atomic E-state index is -0.905. The van der Waals surface area contributed by atoms with E-state index in [4.69, 9.17) is 0 Å². The van der Waals surface area contributed by atoms with Crippen LogP contribution >= 0.6 is 0 Å². The van der Waals surface area contributed by atoms with Gasteiger partial charge in [0, 0.05) is 11.9 Å². The van der Waals surface area contributed by atoms with Crippen LogP contribution < -0.4 is 10.2 Å². The topological polar surface area (TPSA) is 80.3 Å². The van der Waals surface area contributed by atoms with E-state index in [9.17, 15) is 19.8 Å². The van der Waals surface area contributed by atoms with Gasteiger partial charge in [0.05, 0.1) is 0 Å². The second-order valence-electron chi connectivity index (χ2n) is 10.0. The van der Waals surface area contributed by atoms with E-state index in [1.54, 1.807) is 0 Å². The van der Waals surface area contributed by atoms with Crippen molar-refractivity contribution in [3.63, 3.8) is 0 Å². The van der Waals surface area contributed by atoms with Crippen molar-refractivity contribution in [3.05, 3.63) is 0 Å². The SMILES string of the molecule is CCCCCCCCCCCCCCC(=O)[O-].CCCCCCCCCCCCCCC(=O)[O-].[Be+2]. The molecule has 0 fully saturated rings. The smallest absolute Gasteiger partial charge is 0.550 e. The number of aliphatic carboxylic acids is 2. The molecule has 0 aromatic heterocycles. The fourth-order valence-electron chi connectivity index (χ4n) is 4.22. The first-order chi connectivity index (χ1) is 16.5. The first kappa shape index (κ1) is 38.6. The van der Waals surface area contributed by atoms with Gasteiger partial charge in [-0.2, -0.15) is 0 Å². The Labute approximate surface area is 222 Å². The second kappa shape index (κ2) is 35.3. The van der Waals surface area contributed by atoms with E-state index < -0.39 is 11.9 Å². The molecule has 0 aliphatic carbocycles. The third kappa shape index (κ3) is 43.6. The minimum absolute atomic E-state index is 0. The summed E-state index contributed by atoms with van der Waals surface area (Å²) in [5.41, 5.74) is 0. The monoisotopic (exact) mass is 491 g/mol. The first-order valence-electron chi connectivity index (χ1n) is 14.9. The van der Waals surface area contributed by atoms with Crippen LogP contribution in [0.5, 0.6) is 0 Å². The zero-order chi connectivity index (χ0) is 25.5. The molecule has 0 unspecified atom stereocenters. The Hall–Kier alpha value is -0.891. The van der Waals surface area contributed by atoms with Crippen molar-refractivity contribution in [1.82, 2.24) is 0 Å². The quantitative estimate of drug-likeness (QED) is 0.0940. The summed E-state index contributed by atoms with van der Waals surface area (Å²) in [5, 5.41) is 20.3. The Bertz CT molecular complexity index is 377. The van der Waals surface area contributed by atoms with Gasteiger partial charge in [0.25, 0.3) is 0 Å². The van der Waals surface area contributed by atoms with Crippen LogP contribution in [-0.4, -0.2) is 22.1 Å². The summed E-state index contributed by atoms with van der Waals surface area (Å²) >= 11 is 0. The number of carbonyl (C=O) groups excluding carboxylic acids is 2.